The van der Waals surface area contributed by atoms with Gasteiger partial charge in [0.05, 0.1) is 11.1 Å². The number of unbranched alkanes of at least 4 members (excludes halogenated alkanes) is 2. The number of aromatic carboxylic acids is 2. The normalized spacial score (nSPS) is 11.5. The molecule has 0 bridgehead atoms. The first-order valence-corrected chi connectivity index (χ1v) is 8.82. The standard InChI is InChI=1S/C15H10O4.C7H14/c16-14(17)12-6-9-5-8-3-1-2-4-10(8)11(9)7-13(12)15(18)19;1-3-5-7-6-4-2/h1-4,6-7H,5H2,(H,16,17)(H,18,19);3,5H,4,6-7H2,1-2H3. The van der Waals surface area contributed by atoms with Crippen molar-refractivity contribution in [3.05, 3.63) is 70.8 Å². The maximum Gasteiger partial charge on any atom is 0.336 e. The summed E-state index contributed by atoms with van der Waals surface area (Å²) in [5.41, 5.74) is 3.44. The van der Waals surface area contributed by atoms with E-state index >= 15 is 0 Å². The van der Waals surface area contributed by atoms with Crippen molar-refractivity contribution in [2.45, 2.75) is 39.5 Å². The van der Waals surface area contributed by atoms with Crippen LogP contribution in [0.1, 0.15) is 65.0 Å². The van der Waals surface area contributed by atoms with E-state index in [0.29, 0.717) is 6.42 Å². The largest absolute Gasteiger partial charge is 0.478 e. The fourth-order valence-corrected chi connectivity index (χ4v) is 3.03. The number of fused-ring (bicyclic) bond motifs is 3. The second kappa shape index (κ2) is 8.99. The average molecular weight is 352 g/mol. The van der Waals surface area contributed by atoms with E-state index in [9.17, 15) is 9.59 Å². The van der Waals surface area contributed by atoms with Crippen LogP contribution in [0.4, 0.5) is 0 Å². The predicted molar refractivity (Wildman–Crippen MR) is 103 cm³/mol. The highest BCUT2D eigenvalue weighted by Gasteiger charge is 2.24. The Bertz CT molecular complexity index is 834. The lowest BCUT2D eigenvalue weighted by Crippen LogP contribution is -2.08. The van der Waals surface area contributed by atoms with E-state index in [4.69, 9.17) is 10.2 Å². The number of hydrogen-bond acceptors (Lipinski definition) is 2. The number of carboxylic acid groups (broad SMARTS) is 2. The molecule has 1 aliphatic rings. The van der Waals surface area contributed by atoms with Crippen molar-refractivity contribution in [3.63, 3.8) is 0 Å². The maximum atomic E-state index is 11.2. The van der Waals surface area contributed by atoms with Gasteiger partial charge in [-0.3, -0.25) is 0 Å². The first kappa shape index (κ1) is 19.4. The Labute approximate surface area is 153 Å². The predicted octanol–water partition coefficient (Wildman–Crippen LogP) is 5.41. The minimum Gasteiger partial charge on any atom is -0.478 e. The molecule has 3 rings (SSSR count). The van der Waals surface area contributed by atoms with Gasteiger partial charge in [-0.25, -0.2) is 9.59 Å². The molecule has 2 aromatic rings. The van der Waals surface area contributed by atoms with Crippen LogP contribution in [0.15, 0.2) is 48.6 Å². The van der Waals surface area contributed by atoms with E-state index < -0.39 is 11.9 Å². The van der Waals surface area contributed by atoms with Gasteiger partial charge in [0.15, 0.2) is 0 Å². The second-order valence-electron chi connectivity index (χ2n) is 6.21. The van der Waals surface area contributed by atoms with Gasteiger partial charge in [-0.2, -0.15) is 0 Å². The third kappa shape index (κ3) is 4.39. The summed E-state index contributed by atoms with van der Waals surface area (Å²) in [7, 11) is 0. The summed E-state index contributed by atoms with van der Waals surface area (Å²) in [5, 5.41) is 18.2. The molecule has 0 amide bonds. The van der Waals surface area contributed by atoms with Crippen LogP contribution in [0.25, 0.3) is 11.1 Å². The van der Waals surface area contributed by atoms with E-state index in [1.165, 1.54) is 31.4 Å². The van der Waals surface area contributed by atoms with E-state index in [-0.39, 0.29) is 11.1 Å². The number of carboxylic acids is 2. The Hall–Kier alpha value is -2.88. The zero-order valence-corrected chi connectivity index (χ0v) is 15.2. The van der Waals surface area contributed by atoms with Crippen molar-refractivity contribution in [1.29, 1.82) is 0 Å². The molecule has 26 heavy (non-hydrogen) atoms. The van der Waals surface area contributed by atoms with E-state index in [2.05, 4.69) is 26.0 Å². The number of hydrogen-bond donors (Lipinski definition) is 2. The van der Waals surface area contributed by atoms with Gasteiger partial charge in [0.1, 0.15) is 0 Å². The van der Waals surface area contributed by atoms with Crippen LogP contribution in [0, 0.1) is 0 Å². The Balaban J connectivity index is 0.000000298. The molecule has 0 aliphatic heterocycles. The first-order valence-electron chi connectivity index (χ1n) is 8.82. The number of rotatable bonds is 5. The third-order valence-corrected chi connectivity index (χ3v) is 4.35. The lowest BCUT2D eigenvalue weighted by atomic mass is 9.98. The zero-order valence-electron chi connectivity index (χ0n) is 15.2. The smallest absolute Gasteiger partial charge is 0.336 e. The molecule has 0 aromatic heterocycles. The highest BCUT2D eigenvalue weighted by atomic mass is 16.4. The molecule has 2 aromatic carbocycles. The summed E-state index contributed by atoms with van der Waals surface area (Å²) in [6.07, 6.45) is 8.87. The maximum absolute atomic E-state index is 11.2. The molecular weight excluding hydrogens is 328 g/mol. The molecule has 0 fully saturated rings. The molecule has 0 heterocycles. The Kier molecular flexibility index (Phi) is 6.73. The van der Waals surface area contributed by atoms with Crippen molar-refractivity contribution >= 4 is 11.9 Å². The number of allylic oxidation sites excluding steroid dienone is 2. The molecule has 0 unspecified atom stereocenters. The van der Waals surface area contributed by atoms with Crippen LogP contribution in [-0.4, -0.2) is 22.2 Å². The minimum atomic E-state index is -1.22. The van der Waals surface area contributed by atoms with Gasteiger partial charge in [0, 0.05) is 0 Å². The lowest BCUT2D eigenvalue weighted by Gasteiger charge is -2.06. The summed E-state index contributed by atoms with van der Waals surface area (Å²) in [6.45, 7) is 4.28. The van der Waals surface area contributed by atoms with E-state index in [1.807, 2.05) is 24.3 Å². The number of carbonyl (C=O) groups is 2. The van der Waals surface area contributed by atoms with Gasteiger partial charge in [0.25, 0.3) is 0 Å². The average Bonchev–Trinajstić information content (AvgIpc) is 2.99. The zero-order chi connectivity index (χ0) is 19.1. The van der Waals surface area contributed by atoms with Gasteiger partial charge in [-0.1, -0.05) is 56.2 Å². The molecule has 4 nitrogen and oxygen atoms in total. The first-order chi connectivity index (χ1) is 12.5. The van der Waals surface area contributed by atoms with Gasteiger partial charge in [-0.15, -0.1) is 0 Å². The van der Waals surface area contributed by atoms with Crippen LogP contribution in [0.5, 0.6) is 0 Å². The molecule has 0 saturated carbocycles. The van der Waals surface area contributed by atoms with Crippen LogP contribution in [0.2, 0.25) is 0 Å². The fraction of sp³-hybridized carbons (Fsp3) is 0.273. The van der Waals surface area contributed by atoms with E-state index in [0.717, 1.165) is 22.3 Å². The van der Waals surface area contributed by atoms with Crippen molar-refractivity contribution in [2.24, 2.45) is 0 Å². The molecule has 0 radical (unpaired) electrons. The molecule has 4 heteroatoms. The monoisotopic (exact) mass is 352 g/mol. The molecule has 136 valence electrons. The molecular formula is C22H24O4. The number of benzene rings is 2. The highest BCUT2D eigenvalue weighted by Crippen LogP contribution is 2.38. The molecule has 1 aliphatic carbocycles. The SMILES string of the molecule is CC=CCCCC.O=C(O)c1cc2c(cc1C(=O)O)-c1ccccc1C2. The Morgan fingerprint density at radius 1 is 1.00 bits per heavy atom. The molecule has 0 spiro atoms. The topological polar surface area (TPSA) is 74.6 Å². The lowest BCUT2D eigenvalue weighted by molar-refractivity contribution is 0.0651. The van der Waals surface area contributed by atoms with Crippen molar-refractivity contribution in [1.82, 2.24) is 0 Å². The van der Waals surface area contributed by atoms with Crippen LogP contribution in [-0.2, 0) is 6.42 Å². The molecule has 2 N–H and O–H groups in total. The van der Waals surface area contributed by atoms with Gasteiger partial charge in [0.2, 0.25) is 0 Å². The minimum absolute atomic E-state index is 0.154. The Morgan fingerprint density at radius 3 is 2.27 bits per heavy atom. The summed E-state index contributed by atoms with van der Waals surface area (Å²) in [5.74, 6) is -2.43. The summed E-state index contributed by atoms with van der Waals surface area (Å²) in [6, 6.07) is 10.6. The van der Waals surface area contributed by atoms with Gasteiger partial charge in [-0.05, 0) is 54.2 Å². The van der Waals surface area contributed by atoms with Crippen LogP contribution >= 0.6 is 0 Å². The van der Waals surface area contributed by atoms with Crippen LogP contribution < -0.4 is 0 Å². The third-order valence-electron chi connectivity index (χ3n) is 4.35. The van der Waals surface area contributed by atoms with Crippen LogP contribution in [0.3, 0.4) is 0 Å². The van der Waals surface area contributed by atoms with Crippen molar-refractivity contribution in [2.75, 3.05) is 0 Å². The van der Waals surface area contributed by atoms with E-state index in [1.54, 1.807) is 0 Å². The van der Waals surface area contributed by atoms with Gasteiger partial charge >= 0.3 is 11.9 Å². The van der Waals surface area contributed by atoms with Gasteiger partial charge < -0.3 is 10.2 Å². The summed E-state index contributed by atoms with van der Waals surface area (Å²) >= 11 is 0. The fourth-order valence-electron chi connectivity index (χ4n) is 3.03. The summed E-state index contributed by atoms with van der Waals surface area (Å²) in [4.78, 5) is 22.3. The molecule has 0 saturated heterocycles. The molecule has 0 atom stereocenters. The van der Waals surface area contributed by atoms with Crippen molar-refractivity contribution < 1.29 is 19.8 Å². The Morgan fingerprint density at radius 2 is 1.65 bits per heavy atom. The van der Waals surface area contributed by atoms with Crippen molar-refractivity contribution in [3.8, 4) is 11.1 Å². The second-order valence-corrected chi connectivity index (χ2v) is 6.21. The highest BCUT2D eigenvalue weighted by molar-refractivity contribution is 6.03. The summed E-state index contributed by atoms with van der Waals surface area (Å²) < 4.78 is 0. The quantitative estimate of drug-likeness (QED) is 0.476.